The average Bonchev–Trinajstić information content (AvgIpc) is 2.52. The molecule has 0 saturated carbocycles. The molecule has 1 saturated heterocycles. The Morgan fingerprint density at radius 3 is 3.15 bits per heavy atom. The molecule has 0 aliphatic carbocycles. The monoisotopic (exact) mass is 218 g/mol. The fourth-order valence-electron chi connectivity index (χ4n) is 1.52. The molecule has 2 rings (SSSR count). The Labute approximate surface area is 86.0 Å². The maximum absolute atomic E-state index is 9.45. The van der Waals surface area contributed by atoms with Crippen LogP contribution in [0.4, 0.5) is 5.13 Å². The number of nitrogens with zero attached hydrogens (tertiary/aromatic N) is 2. The normalized spacial score (nSPS) is 23.5. The minimum atomic E-state index is -0.212. The highest BCUT2D eigenvalue weighted by Gasteiger charge is 2.19. The average molecular weight is 219 g/mol. The Kier molecular flexibility index (Phi) is 2.71. The lowest BCUT2D eigenvalue weighted by atomic mass is 10.1. The summed E-state index contributed by atoms with van der Waals surface area (Å²) >= 11 is 7.26. The molecule has 0 bridgehead atoms. The third-order valence-corrected chi connectivity index (χ3v) is 3.36. The molecule has 0 aromatic carbocycles. The van der Waals surface area contributed by atoms with Crippen LogP contribution in [-0.2, 0) is 0 Å². The number of halogens is 1. The third-order valence-electron chi connectivity index (χ3n) is 2.13. The van der Waals surface area contributed by atoms with Crippen molar-refractivity contribution in [2.45, 2.75) is 18.9 Å². The molecule has 0 amide bonds. The maximum Gasteiger partial charge on any atom is 0.186 e. The number of hydrogen-bond acceptors (Lipinski definition) is 4. The molecule has 1 atom stereocenters. The van der Waals surface area contributed by atoms with Crippen LogP contribution in [0, 0.1) is 0 Å². The summed E-state index contributed by atoms with van der Waals surface area (Å²) < 4.78 is 0. The van der Waals surface area contributed by atoms with E-state index in [-0.39, 0.29) is 6.10 Å². The Balaban J connectivity index is 2.08. The number of piperidine rings is 1. The molecule has 5 heteroatoms. The first-order valence-corrected chi connectivity index (χ1v) is 5.55. The lowest BCUT2D eigenvalue weighted by Gasteiger charge is -2.29. The standard InChI is InChI=1S/C8H11ClN2OS/c9-7-5-13-8(10-7)11-3-1-2-6(12)4-11/h5-6,12H,1-4H2/t6-/m0/s1. The van der Waals surface area contributed by atoms with Gasteiger partial charge in [-0.2, -0.15) is 0 Å². The molecule has 1 aliphatic heterocycles. The van der Waals surface area contributed by atoms with E-state index in [1.165, 1.54) is 11.3 Å². The number of thiazole rings is 1. The van der Waals surface area contributed by atoms with Crippen LogP contribution in [0.3, 0.4) is 0 Å². The fourth-order valence-corrected chi connectivity index (χ4v) is 2.50. The SMILES string of the molecule is O[C@H]1CCCN(c2nc(Cl)cs2)C1. The zero-order chi connectivity index (χ0) is 9.26. The molecule has 1 aromatic rings. The van der Waals surface area contributed by atoms with Gasteiger partial charge in [0, 0.05) is 18.5 Å². The first-order valence-electron chi connectivity index (χ1n) is 4.30. The fraction of sp³-hybridized carbons (Fsp3) is 0.625. The summed E-state index contributed by atoms with van der Waals surface area (Å²) in [5.41, 5.74) is 0. The first kappa shape index (κ1) is 9.24. The van der Waals surface area contributed by atoms with E-state index >= 15 is 0 Å². The molecule has 13 heavy (non-hydrogen) atoms. The van der Waals surface area contributed by atoms with Gasteiger partial charge in [0.05, 0.1) is 6.10 Å². The number of aliphatic hydroxyl groups excluding tert-OH is 1. The van der Waals surface area contributed by atoms with Crippen molar-refractivity contribution >= 4 is 28.1 Å². The van der Waals surface area contributed by atoms with Crippen LogP contribution >= 0.6 is 22.9 Å². The maximum atomic E-state index is 9.45. The first-order chi connectivity index (χ1) is 6.25. The zero-order valence-corrected chi connectivity index (χ0v) is 8.68. The minimum Gasteiger partial charge on any atom is -0.391 e. The van der Waals surface area contributed by atoms with Crippen molar-refractivity contribution in [1.29, 1.82) is 0 Å². The number of aliphatic hydroxyl groups is 1. The summed E-state index contributed by atoms with van der Waals surface area (Å²) in [6.45, 7) is 1.66. The van der Waals surface area contributed by atoms with E-state index in [4.69, 9.17) is 11.6 Å². The van der Waals surface area contributed by atoms with Gasteiger partial charge < -0.3 is 10.0 Å². The largest absolute Gasteiger partial charge is 0.391 e. The Morgan fingerprint density at radius 2 is 2.54 bits per heavy atom. The van der Waals surface area contributed by atoms with Crippen molar-refractivity contribution < 1.29 is 5.11 Å². The summed E-state index contributed by atoms with van der Waals surface area (Å²) in [5.74, 6) is 0. The summed E-state index contributed by atoms with van der Waals surface area (Å²) in [6, 6.07) is 0. The van der Waals surface area contributed by atoms with Gasteiger partial charge in [0.15, 0.2) is 5.13 Å². The number of hydrogen-bond donors (Lipinski definition) is 1. The van der Waals surface area contributed by atoms with E-state index in [0.29, 0.717) is 11.7 Å². The van der Waals surface area contributed by atoms with Crippen LogP contribution in [0.2, 0.25) is 5.15 Å². The zero-order valence-electron chi connectivity index (χ0n) is 7.11. The highest BCUT2D eigenvalue weighted by Crippen LogP contribution is 2.25. The van der Waals surface area contributed by atoms with Gasteiger partial charge in [-0.05, 0) is 12.8 Å². The second-order valence-corrected chi connectivity index (χ2v) is 4.42. The van der Waals surface area contributed by atoms with Crippen molar-refractivity contribution in [2.75, 3.05) is 18.0 Å². The summed E-state index contributed by atoms with van der Waals surface area (Å²) in [7, 11) is 0. The number of aromatic nitrogens is 1. The molecule has 72 valence electrons. The van der Waals surface area contributed by atoms with E-state index in [9.17, 15) is 5.11 Å². The van der Waals surface area contributed by atoms with Gasteiger partial charge in [0.2, 0.25) is 0 Å². The third kappa shape index (κ3) is 2.13. The van der Waals surface area contributed by atoms with Crippen LogP contribution in [0.1, 0.15) is 12.8 Å². The predicted octanol–water partition coefficient (Wildman–Crippen LogP) is 1.76. The molecule has 1 aliphatic rings. The summed E-state index contributed by atoms with van der Waals surface area (Å²) in [4.78, 5) is 6.26. The van der Waals surface area contributed by atoms with E-state index in [1.54, 1.807) is 0 Å². The number of anilines is 1. The van der Waals surface area contributed by atoms with Crippen LogP contribution in [0.5, 0.6) is 0 Å². The van der Waals surface area contributed by atoms with Crippen LogP contribution in [0.25, 0.3) is 0 Å². The van der Waals surface area contributed by atoms with Gasteiger partial charge >= 0.3 is 0 Å². The predicted molar refractivity (Wildman–Crippen MR) is 54.6 cm³/mol. The smallest absolute Gasteiger partial charge is 0.186 e. The molecular weight excluding hydrogens is 208 g/mol. The van der Waals surface area contributed by atoms with Crippen LogP contribution in [0.15, 0.2) is 5.38 Å². The van der Waals surface area contributed by atoms with Gasteiger partial charge in [-0.15, -0.1) is 11.3 Å². The quantitative estimate of drug-likeness (QED) is 0.781. The molecule has 0 spiro atoms. The highest BCUT2D eigenvalue weighted by molar-refractivity contribution is 7.14. The van der Waals surface area contributed by atoms with E-state index in [2.05, 4.69) is 9.88 Å². The Morgan fingerprint density at radius 1 is 1.69 bits per heavy atom. The second kappa shape index (κ2) is 3.82. The van der Waals surface area contributed by atoms with Gasteiger partial charge in [0.25, 0.3) is 0 Å². The van der Waals surface area contributed by atoms with E-state index in [1.807, 2.05) is 5.38 Å². The molecule has 0 unspecified atom stereocenters. The Hall–Kier alpha value is -0.320. The number of rotatable bonds is 1. The van der Waals surface area contributed by atoms with Gasteiger partial charge in [-0.25, -0.2) is 4.98 Å². The molecule has 2 heterocycles. The van der Waals surface area contributed by atoms with Crippen molar-refractivity contribution in [1.82, 2.24) is 4.98 Å². The molecule has 3 nitrogen and oxygen atoms in total. The lowest BCUT2D eigenvalue weighted by Crippen LogP contribution is -2.38. The van der Waals surface area contributed by atoms with Crippen LogP contribution in [-0.4, -0.2) is 29.3 Å². The number of β-amino-alcohol motifs (C(OH)–C–C–N with tert-alkyl or cyclic N) is 1. The summed E-state index contributed by atoms with van der Waals surface area (Å²) in [5, 5.41) is 12.7. The molecular formula is C8H11ClN2OS. The van der Waals surface area contributed by atoms with Crippen molar-refractivity contribution in [3.63, 3.8) is 0 Å². The molecule has 1 fully saturated rings. The van der Waals surface area contributed by atoms with Crippen LogP contribution < -0.4 is 4.90 Å². The minimum absolute atomic E-state index is 0.212. The molecule has 1 N–H and O–H groups in total. The van der Waals surface area contributed by atoms with E-state index in [0.717, 1.165) is 24.5 Å². The molecule has 0 radical (unpaired) electrons. The van der Waals surface area contributed by atoms with Crippen molar-refractivity contribution in [3.8, 4) is 0 Å². The topological polar surface area (TPSA) is 36.4 Å². The van der Waals surface area contributed by atoms with Crippen molar-refractivity contribution in [3.05, 3.63) is 10.5 Å². The lowest BCUT2D eigenvalue weighted by molar-refractivity contribution is 0.154. The summed E-state index contributed by atoms with van der Waals surface area (Å²) in [6.07, 6.45) is 1.71. The molecule has 1 aromatic heterocycles. The van der Waals surface area contributed by atoms with Crippen molar-refractivity contribution in [2.24, 2.45) is 0 Å². The van der Waals surface area contributed by atoms with Gasteiger partial charge in [0.1, 0.15) is 5.15 Å². The Bertz CT molecular complexity index is 291. The van der Waals surface area contributed by atoms with Gasteiger partial charge in [-0.3, -0.25) is 0 Å². The highest BCUT2D eigenvalue weighted by atomic mass is 35.5. The van der Waals surface area contributed by atoms with E-state index < -0.39 is 0 Å². The second-order valence-electron chi connectivity index (χ2n) is 3.19. The van der Waals surface area contributed by atoms with Gasteiger partial charge in [-0.1, -0.05) is 11.6 Å².